The van der Waals surface area contributed by atoms with Gasteiger partial charge in [-0.1, -0.05) is 12.5 Å². The number of anilines is 1. The largest absolute Gasteiger partial charge is 0.454 e. The summed E-state index contributed by atoms with van der Waals surface area (Å²) in [5, 5.41) is 4.25. The lowest BCUT2D eigenvalue weighted by Gasteiger charge is -2.40. The average Bonchev–Trinajstić information content (AvgIpc) is 3.49. The molecule has 2 aliphatic heterocycles. The zero-order valence-electron chi connectivity index (χ0n) is 22.3. The lowest BCUT2D eigenvalue weighted by atomic mass is 9.63. The minimum absolute atomic E-state index is 0.0206. The molecule has 2 N–H and O–H groups in total. The number of nitrogens with zero attached hydrogens (tertiary/aromatic N) is 1. The van der Waals surface area contributed by atoms with Crippen molar-refractivity contribution >= 4 is 28.6 Å². The van der Waals surface area contributed by atoms with Gasteiger partial charge in [0.2, 0.25) is 12.7 Å². The average molecular weight is 518 g/mol. The maximum absolute atomic E-state index is 13.5. The number of aromatic amines is 1. The number of aromatic nitrogens is 1. The molecule has 0 bridgehead atoms. The molecule has 0 atom stereocenters. The third-order valence-corrected chi connectivity index (χ3v) is 8.05. The fraction of sp³-hybridized carbons (Fsp3) is 0.467. The molecule has 2 aromatic carbocycles. The Labute approximate surface area is 222 Å². The summed E-state index contributed by atoms with van der Waals surface area (Å²) in [7, 11) is 0. The highest BCUT2D eigenvalue weighted by Gasteiger charge is 2.46. The first-order chi connectivity index (χ1) is 18.2. The minimum Gasteiger partial charge on any atom is -0.454 e. The van der Waals surface area contributed by atoms with Gasteiger partial charge in [0, 0.05) is 41.3 Å². The predicted octanol–water partition coefficient (Wildman–Crippen LogP) is 6.07. The highest BCUT2D eigenvalue weighted by Crippen LogP contribution is 2.47. The van der Waals surface area contributed by atoms with Crippen molar-refractivity contribution in [2.75, 3.05) is 25.2 Å². The normalized spacial score (nSPS) is 18.8. The Bertz CT molecular complexity index is 1380. The fourth-order valence-corrected chi connectivity index (χ4v) is 5.77. The van der Waals surface area contributed by atoms with Crippen molar-refractivity contribution in [2.24, 2.45) is 0 Å². The van der Waals surface area contributed by atoms with Crippen LogP contribution < -0.4 is 14.8 Å². The lowest BCUT2D eigenvalue weighted by Crippen LogP contribution is -2.46. The van der Waals surface area contributed by atoms with E-state index in [9.17, 15) is 9.59 Å². The molecule has 2 amide bonds. The first-order valence-electron chi connectivity index (χ1n) is 13.5. The number of ether oxygens (including phenoxy) is 3. The topological polar surface area (TPSA) is 92.9 Å². The second-order valence-corrected chi connectivity index (χ2v) is 11.7. The van der Waals surface area contributed by atoms with E-state index in [1.807, 2.05) is 57.2 Å². The van der Waals surface area contributed by atoms with E-state index >= 15 is 0 Å². The minimum atomic E-state index is -0.540. The maximum Gasteiger partial charge on any atom is 0.410 e. The smallest absolute Gasteiger partial charge is 0.410 e. The molecule has 38 heavy (non-hydrogen) atoms. The third kappa shape index (κ3) is 4.57. The number of hydrogen-bond acceptors (Lipinski definition) is 5. The van der Waals surface area contributed by atoms with E-state index in [1.54, 1.807) is 4.90 Å². The molecule has 8 nitrogen and oxygen atoms in total. The first-order valence-corrected chi connectivity index (χ1v) is 13.5. The molecule has 1 aliphatic carbocycles. The van der Waals surface area contributed by atoms with Gasteiger partial charge in [0.25, 0.3) is 0 Å². The molecule has 3 heterocycles. The number of hydrogen-bond donors (Lipinski definition) is 2. The molecule has 0 unspecified atom stereocenters. The molecule has 3 aliphatic rings. The van der Waals surface area contributed by atoms with Crippen molar-refractivity contribution in [1.29, 1.82) is 0 Å². The molecule has 6 rings (SSSR count). The van der Waals surface area contributed by atoms with Crippen LogP contribution in [0.5, 0.6) is 11.5 Å². The number of piperidine rings is 1. The number of amides is 2. The van der Waals surface area contributed by atoms with Crippen LogP contribution in [0.15, 0.2) is 42.5 Å². The molecule has 1 aromatic heterocycles. The van der Waals surface area contributed by atoms with Crippen molar-refractivity contribution in [2.45, 2.75) is 69.8 Å². The number of carbonyl (C=O) groups is 2. The number of H-pyrrole nitrogens is 1. The number of nitrogens with one attached hydrogen (secondary N) is 2. The molecule has 2 fully saturated rings. The van der Waals surface area contributed by atoms with E-state index < -0.39 is 11.0 Å². The van der Waals surface area contributed by atoms with Crippen LogP contribution in [0, 0.1) is 0 Å². The Hall–Kier alpha value is -3.68. The van der Waals surface area contributed by atoms with Crippen LogP contribution in [0.2, 0.25) is 0 Å². The second kappa shape index (κ2) is 9.26. The van der Waals surface area contributed by atoms with Gasteiger partial charge in [-0.2, -0.15) is 0 Å². The van der Waals surface area contributed by atoms with Crippen LogP contribution in [0.4, 0.5) is 10.5 Å². The van der Waals surface area contributed by atoms with Crippen molar-refractivity contribution in [3.8, 4) is 11.5 Å². The van der Waals surface area contributed by atoms with E-state index in [1.165, 1.54) is 5.69 Å². The van der Waals surface area contributed by atoms with Gasteiger partial charge in [0.05, 0.1) is 5.41 Å². The third-order valence-electron chi connectivity index (χ3n) is 8.05. The predicted molar refractivity (Wildman–Crippen MR) is 145 cm³/mol. The molecule has 8 heteroatoms. The van der Waals surface area contributed by atoms with Crippen molar-refractivity contribution in [3.63, 3.8) is 0 Å². The summed E-state index contributed by atoms with van der Waals surface area (Å²) in [5.41, 5.74) is 2.96. The Morgan fingerprint density at radius 3 is 2.50 bits per heavy atom. The molecular formula is C30H35N3O5. The highest BCUT2D eigenvalue weighted by molar-refractivity contribution is 6.01. The number of benzene rings is 2. The number of rotatable bonds is 4. The van der Waals surface area contributed by atoms with Gasteiger partial charge in [-0.15, -0.1) is 0 Å². The van der Waals surface area contributed by atoms with E-state index in [2.05, 4.69) is 16.4 Å². The van der Waals surface area contributed by atoms with Gasteiger partial charge >= 0.3 is 6.09 Å². The number of fused-ring (bicyclic) bond motifs is 2. The van der Waals surface area contributed by atoms with Gasteiger partial charge in [-0.25, -0.2) is 4.79 Å². The van der Waals surface area contributed by atoms with Crippen LogP contribution in [0.1, 0.15) is 70.1 Å². The summed E-state index contributed by atoms with van der Waals surface area (Å²) in [4.78, 5) is 31.3. The van der Waals surface area contributed by atoms with Gasteiger partial charge in [0.1, 0.15) is 5.60 Å². The summed E-state index contributed by atoms with van der Waals surface area (Å²) >= 11 is 0. The molecule has 200 valence electrons. The van der Waals surface area contributed by atoms with Crippen LogP contribution in [-0.2, 0) is 14.9 Å². The molecule has 1 saturated heterocycles. The summed E-state index contributed by atoms with van der Waals surface area (Å²) in [6.07, 6.45) is 4.18. The van der Waals surface area contributed by atoms with Crippen molar-refractivity contribution < 1.29 is 23.8 Å². The monoisotopic (exact) mass is 517 g/mol. The van der Waals surface area contributed by atoms with Gasteiger partial charge in [-0.3, -0.25) is 4.79 Å². The van der Waals surface area contributed by atoms with Gasteiger partial charge in [-0.05, 0) is 88.4 Å². The number of likely N-dealkylation sites (tertiary alicyclic amines) is 1. The molecule has 3 aromatic rings. The van der Waals surface area contributed by atoms with Crippen LogP contribution >= 0.6 is 0 Å². The standard InChI is InChI=1S/C30H35N3O5/c1-29(2,3)38-28(35)33-13-9-19(10-14-33)24-16-20-15-22(6-7-23(20)32-24)31-27(34)30(11-4-12-30)21-5-8-25-26(17-21)37-18-36-25/h5-8,15-17,19,32H,4,9-14,18H2,1-3H3,(H,31,34). The zero-order chi connectivity index (χ0) is 26.5. The molecule has 1 saturated carbocycles. The van der Waals surface area contributed by atoms with Gasteiger partial charge in [0.15, 0.2) is 11.5 Å². The van der Waals surface area contributed by atoms with Crippen molar-refractivity contribution in [1.82, 2.24) is 9.88 Å². The number of carbonyl (C=O) groups excluding carboxylic acids is 2. The summed E-state index contributed by atoms with van der Waals surface area (Å²) in [5.74, 6) is 1.81. The quantitative estimate of drug-likeness (QED) is 0.438. The highest BCUT2D eigenvalue weighted by atomic mass is 16.7. The molecule has 0 spiro atoms. The lowest BCUT2D eigenvalue weighted by molar-refractivity contribution is -0.124. The second-order valence-electron chi connectivity index (χ2n) is 11.7. The van der Waals surface area contributed by atoms with Crippen molar-refractivity contribution in [3.05, 3.63) is 53.7 Å². The summed E-state index contributed by atoms with van der Waals surface area (Å²) < 4.78 is 16.5. The fourth-order valence-electron chi connectivity index (χ4n) is 5.77. The Morgan fingerprint density at radius 2 is 1.79 bits per heavy atom. The van der Waals surface area contributed by atoms with E-state index in [0.29, 0.717) is 24.8 Å². The Kier molecular flexibility index (Phi) is 6.00. The van der Waals surface area contributed by atoms with Gasteiger partial charge < -0.3 is 29.4 Å². The Balaban J connectivity index is 1.13. The summed E-state index contributed by atoms with van der Waals surface area (Å²) in [6, 6.07) is 14.0. The maximum atomic E-state index is 13.5. The first kappa shape index (κ1) is 24.6. The van der Waals surface area contributed by atoms with E-state index in [0.717, 1.165) is 60.0 Å². The summed E-state index contributed by atoms with van der Waals surface area (Å²) in [6.45, 7) is 7.25. The zero-order valence-corrected chi connectivity index (χ0v) is 22.3. The van der Waals surface area contributed by atoms with E-state index in [-0.39, 0.29) is 18.8 Å². The molecule has 0 radical (unpaired) electrons. The van der Waals surface area contributed by atoms with Crippen LogP contribution in [0.3, 0.4) is 0 Å². The molecular weight excluding hydrogens is 482 g/mol. The van der Waals surface area contributed by atoms with Crippen LogP contribution in [0.25, 0.3) is 10.9 Å². The van der Waals surface area contributed by atoms with E-state index in [4.69, 9.17) is 14.2 Å². The van der Waals surface area contributed by atoms with Crippen LogP contribution in [-0.4, -0.2) is 47.4 Å². The Morgan fingerprint density at radius 1 is 1.03 bits per heavy atom. The SMILES string of the molecule is CC(C)(C)OC(=O)N1CCC(c2cc3cc(NC(=O)C4(c5ccc6c(c5)OCO6)CCC4)ccc3[nH]2)CC1.